The number of hydrogen-bond acceptors (Lipinski definition) is 5. The summed E-state index contributed by atoms with van der Waals surface area (Å²) < 4.78 is 11.6. The number of para-hydroxylation sites is 1. The molecule has 7 heteroatoms. The van der Waals surface area contributed by atoms with Crippen molar-refractivity contribution >= 4 is 22.5 Å². The summed E-state index contributed by atoms with van der Waals surface area (Å²) >= 11 is 0. The molecule has 7 nitrogen and oxygen atoms in total. The molecule has 2 heterocycles. The molecule has 1 amide bonds. The van der Waals surface area contributed by atoms with E-state index >= 15 is 0 Å². The molecule has 0 aliphatic heterocycles. The Morgan fingerprint density at radius 1 is 1.07 bits per heavy atom. The highest BCUT2D eigenvalue weighted by Gasteiger charge is 2.14. The van der Waals surface area contributed by atoms with Gasteiger partial charge in [0.05, 0.1) is 24.0 Å². The van der Waals surface area contributed by atoms with Crippen molar-refractivity contribution in [1.82, 2.24) is 15.2 Å². The summed E-state index contributed by atoms with van der Waals surface area (Å²) in [7, 11) is 0. The third-order valence-electron chi connectivity index (χ3n) is 4.37. The summed E-state index contributed by atoms with van der Waals surface area (Å²) in [4.78, 5) is 16.8. The molecular weight excluding hydrogens is 368 g/mol. The number of amides is 1. The minimum absolute atomic E-state index is 0.242. The van der Waals surface area contributed by atoms with Crippen molar-refractivity contribution in [2.24, 2.45) is 0 Å². The Labute approximate surface area is 167 Å². The van der Waals surface area contributed by atoms with Gasteiger partial charge in [0.1, 0.15) is 6.61 Å². The van der Waals surface area contributed by atoms with Crippen molar-refractivity contribution in [2.75, 3.05) is 11.9 Å². The van der Waals surface area contributed by atoms with Gasteiger partial charge in [-0.15, -0.1) is 0 Å². The first-order valence-electron chi connectivity index (χ1n) is 9.26. The first-order valence-corrected chi connectivity index (χ1v) is 9.26. The highest BCUT2D eigenvalue weighted by molar-refractivity contribution is 6.08. The van der Waals surface area contributed by atoms with Gasteiger partial charge in [0.2, 0.25) is 0 Å². The number of benzene rings is 2. The number of carbonyl (C=O) groups excluding carboxylic acids is 1. The smallest absolute Gasteiger partial charge is 0.255 e. The number of aromatic amines is 1. The average molecular weight is 388 g/mol. The Morgan fingerprint density at radius 3 is 2.76 bits per heavy atom. The van der Waals surface area contributed by atoms with Gasteiger partial charge in [-0.3, -0.25) is 14.9 Å². The van der Waals surface area contributed by atoms with E-state index in [4.69, 9.17) is 9.47 Å². The predicted molar refractivity (Wildman–Crippen MR) is 110 cm³/mol. The van der Waals surface area contributed by atoms with Crippen molar-refractivity contribution in [3.8, 4) is 11.5 Å². The molecule has 4 aromatic rings. The third kappa shape index (κ3) is 4.19. The van der Waals surface area contributed by atoms with Gasteiger partial charge in [-0.1, -0.05) is 12.1 Å². The van der Waals surface area contributed by atoms with Crippen LogP contribution in [0.25, 0.3) is 10.9 Å². The quantitative estimate of drug-likeness (QED) is 0.496. The Kier molecular flexibility index (Phi) is 5.38. The molecule has 0 unspecified atom stereocenters. The van der Waals surface area contributed by atoms with Gasteiger partial charge < -0.3 is 14.8 Å². The number of rotatable bonds is 7. The van der Waals surface area contributed by atoms with Crippen LogP contribution in [0.2, 0.25) is 0 Å². The van der Waals surface area contributed by atoms with Crippen LogP contribution in [0.3, 0.4) is 0 Å². The molecule has 0 bridgehead atoms. The van der Waals surface area contributed by atoms with Crippen LogP contribution in [-0.4, -0.2) is 27.7 Å². The van der Waals surface area contributed by atoms with Gasteiger partial charge in [-0.25, -0.2) is 0 Å². The van der Waals surface area contributed by atoms with E-state index in [1.54, 1.807) is 36.8 Å². The van der Waals surface area contributed by atoms with Crippen LogP contribution < -0.4 is 14.8 Å². The highest BCUT2D eigenvalue weighted by Crippen LogP contribution is 2.30. The number of hydrogen-bond donors (Lipinski definition) is 2. The molecule has 0 aliphatic carbocycles. The van der Waals surface area contributed by atoms with E-state index in [-0.39, 0.29) is 5.91 Å². The second-order valence-corrected chi connectivity index (χ2v) is 6.33. The normalized spacial score (nSPS) is 10.7. The lowest BCUT2D eigenvalue weighted by Crippen LogP contribution is -2.12. The number of H-pyrrole nitrogens is 1. The molecule has 2 N–H and O–H groups in total. The van der Waals surface area contributed by atoms with E-state index in [1.807, 2.05) is 37.3 Å². The molecule has 0 saturated heterocycles. The third-order valence-corrected chi connectivity index (χ3v) is 4.37. The summed E-state index contributed by atoms with van der Waals surface area (Å²) in [5.41, 5.74) is 2.92. The van der Waals surface area contributed by atoms with Crippen molar-refractivity contribution in [2.45, 2.75) is 13.5 Å². The van der Waals surface area contributed by atoms with Crippen LogP contribution in [0.4, 0.5) is 5.69 Å². The summed E-state index contributed by atoms with van der Waals surface area (Å²) in [6, 6.07) is 14.6. The molecular formula is C22H20N4O3. The average Bonchev–Trinajstić information content (AvgIpc) is 3.24. The summed E-state index contributed by atoms with van der Waals surface area (Å²) in [5.74, 6) is 0.860. The van der Waals surface area contributed by atoms with Crippen molar-refractivity contribution < 1.29 is 14.3 Å². The Morgan fingerprint density at radius 2 is 1.93 bits per heavy atom. The van der Waals surface area contributed by atoms with Gasteiger partial charge in [0.15, 0.2) is 11.5 Å². The molecule has 0 saturated carbocycles. The number of nitrogens with one attached hydrogen (secondary N) is 2. The Balaban J connectivity index is 1.53. The maximum atomic E-state index is 12.8. The molecule has 2 aromatic heterocycles. The monoisotopic (exact) mass is 388 g/mol. The van der Waals surface area contributed by atoms with E-state index in [9.17, 15) is 4.79 Å². The fourth-order valence-electron chi connectivity index (χ4n) is 2.94. The Bertz CT molecular complexity index is 1130. The SMILES string of the molecule is CCOc1cc(C(=O)Nc2cccc3cn[nH]c23)ccc1OCc1ccncc1. The summed E-state index contributed by atoms with van der Waals surface area (Å²) in [6.45, 7) is 2.73. The Hall–Kier alpha value is -3.87. The zero-order chi connectivity index (χ0) is 20.1. The van der Waals surface area contributed by atoms with E-state index in [0.717, 1.165) is 16.5 Å². The van der Waals surface area contributed by atoms with E-state index in [2.05, 4.69) is 20.5 Å². The lowest BCUT2D eigenvalue weighted by molar-refractivity contribution is 0.102. The summed E-state index contributed by atoms with van der Waals surface area (Å²) in [5, 5.41) is 10.8. The standard InChI is InChI=1S/C22H20N4O3/c1-2-28-20-12-16(6-7-19(20)29-14-15-8-10-23-11-9-15)22(27)25-18-5-3-4-17-13-24-26-21(17)18/h3-13H,2,14H2,1H3,(H,24,26)(H,25,27). The number of anilines is 1. The summed E-state index contributed by atoms with van der Waals surface area (Å²) in [6.07, 6.45) is 5.15. The van der Waals surface area contributed by atoms with E-state index < -0.39 is 0 Å². The minimum atomic E-state index is -0.242. The second-order valence-electron chi connectivity index (χ2n) is 6.33. The minimum Gasteiger partial charge on any atom is -0.490 e. The van der Waals surface area contributed by atoms with Crippen molar-refractivity contribution in [3.05, 3.63) is 78.2 Å². The van der Waals surface area contributed by atoms with Crippen molar-refractivity contribution in [1.29, 1.82) is 0 Å². The zero-order valence-electron chi connectivity index (χ0n) is 15.9. The molecule has 0 aliphatic rings. The van der Waals surface area contributed by atoms with Crippen LogP contribution >= 0.6 is 0 Å². The number of pyridine rings is 1. The maximum Gasteiger partial charge on any atom is 0.255 e. The lowest BCUT2D eigenvalue weighted by Gasteiger charge is -2.14. The topological polar surface area (TPSA) is 89.1 Å². The number of carbonyl (C=O) groups is 1. The van der Waals surface area contributed by atoms with Gasteiger partial charge in [-0.05, 0) is 48.9 Å². The number of fused-ring (bicyclic) bond motifs is 1. The molecule has 0 atom stereocenters. The number of nitrogens with zero attached hydrogens (tertiary/aromatic N) is 2. The van der Waals surface area contributed by atoms with E-state index in [1.165, 1.54) is 0 Å². The fourth-order valence-corrected chi connectivity index (χ4v) is 2.94. The predicted octanol–water partition coefficient (Wildman–Crippen LogP) is 4.19. The van der Waals surface area contributed by atoms with Crippen LogP contribution in [0, 0.1) is 0 Å². The second kappa shape index (κ2) is 8.43. The van der Waals surface area contributed by atoms with Gasteiger partial charge >= 0.3 is 0 Å². The lowest BCUT2D eigenvalue weighted by atomic mass is 10.1. The highest BCUT2D eigenvalue weighted by atomic mass is 16.5. The van der Waals surface area contributed by atoms with Gasteiger partial charge in [0.25, 0.3) is 5.91 Å². The molecule has 0 fully saturated rings. The van der Waals surface area contributed by atoms with Gasteiger partial charge in [-0.2, -0.15) is 5.10 Å². The van der Waals surface area contributed by atoms with Crippen molar-refractivity contribution in [3.63, 3.8) is 0 Å². The molecule has 29 heavy (non-hydrogen) atoms. The first-order chi connectivity index (χ1) is 14.2. The zero-order valence-corrected chi connectivity index (χ0v) is 15.9. The van der Waals surface area contributed by atoms with E-state index in [0.29, 0.717) is 36.0 Å². The fraction of sp³-hybridized carbons (Fsp3) is 0.136. The van der Waals surface area contributed by atoms with Crippen LogP contribution in [0.1, 0.15) is 22.8 Å². The largest absolute Gasteiger partial charge is 0.490 e. The maximum absolute atomic E-state index is 12.8. The molecule has 4 rings (SSSR count). The first kappa shape index (κ1) is 18.5. The van der Waals surface area contributed by atoms with Gasteiger partial charge in [0, 0.05) is 23.3 Å². The molecule has 0 radical (unpaired) electrons. The number of ether oxygens (including phenoxy) is 2. The van der Waals surface area contributed by atoms with Crippen LogP contribution in [0.15, 0.2) is 67.1 Å². The molecule has 0 spiro atoms. The number of aromatic nitrogens is 3. The van der Waals surface area contributed by atoms with Crippen LogP contribution in [-0.2, 0) is 6.61 Å². The van der Waals surface area contributed by atoms with Crippen LogP contribution in [0.5, 0.6) is 11.5 Å². The molecule has 2 aromatic carbocycles. The molecule has 146 valence electrons.